The van der Waals surface area contributed by atoms with Gasteiger partial charge < -0.3 is 15.0 Å². The highest BCUT2D eigenvalue weighted by Gasteiger charge is 2.43. The minimum absolute atomic E-state index is 0.0805. The van der Waals surface area contributed by atoms with Crippen LogP contribution in [-0.4, -0.2) is 43.2 Å². The van der Waals surface area contributed by atoms with Crippen LogP contribution in [0.3, 0.4) is 0 Å². The predicted molar refractivity (Wildman–Crippen MR) is 109 cm³/mol. The number of hydrogen-bond acceptors (Lipinski definition) is 5. The summed E-state index contributed by atoms with van der Waals surface area (Å²) in [6, 6.07) is 0. The van der Waals surface area contributed by atoms with E-state index in [4.69, 9.17) is 11.6 Å². The standard InChI is InChI=1S/C19H16ClF2N7O/c1-2-23-18-16(22)15(20)14(9-4-25-28-17(9)18)11-6-29-7-12(26-13(29)5-24-11)27-19(30)8-3-10(8)21/h4-8,10,23H,2-3H2,1H3,(H,25,28)(H,27,30)/t8-,10+/m1/s1. The number of carbonyl (C=O) groups excluding carboxylic acids is 1. The zero-order chi connectivity index (χ0) is 21.0. The van der Waals surface area contributed by atoms with Gasteiger partial charge in [0.25, 0.3) is 0 Å². The minimum atomic E-state index is -1.09. The van der Waals surface area contributed by atoms with E-state index in [1.54, 1.807) is 23.0 Å². The summed E-state index contributed by atoms with van der Waals surface area (Å²) in [6.07, 6.45) is 5.41. The van der Waals surface area contributed by atoms with Crippen molar-refractivity contribution in [2.24, 2.45) is 5.92 Å². The Hall–Kier alpha value is -3.27. The van der Waals surface area contributed by atoms with Crippen LogP contribution in [0.15, 0.2) is 24.8 Å². The monoisotopic (exact) mass is 431 g/mol. The maximum atomic E-state index is 14.9. The smallest absolute Gasteiger partial charge is 0.231 e. The number of fused-ring (bicyclic) bond motifs is 2. The molecule has 4 aromatic rings. The molecular weight excluding hydrogens is 416 g/mol. The van der Waals surface area contributed by atoms with Gasteiger partial charge in [-0.2, -0.15) is 5.10 Å². The largest absolute Gasteiger partial charge is 0.381 e. The molecule has 30 heavy (non-hydrogen) atoms. The highest BCUT2D eigenvalue weighted by Crippen LogP contribution is 2.40. The van der Waals surface area contributed by atoms with Crippen LogP contribution in [0.2, 0.25) is 5.02 Å². The van der Waals surface area contributed by atoms with E-state index in [0.717, 1.165) is 0 Å². The van der Waals surface area contributed by atoms with E-state index >= 15 is 0 Å². The third kappa shape index (κ3) is 2.95. The van der Waals surface area contributed by atoms with E-state index in [2.05, 4.69) is 30.8 Å². The van der Waals surface area contributed by atoms with E-state index in [9.17, 15) is 13.6 Å². The molecule has 3 aromatic heterocycles. The van der Waals surface area contributed by atoms with Crippen LogP contribution in [-0.2, 0) is 4.79 Å². The van der Waals surface area contributed by atoms with Crippen molar-refractivity contribution in [2.75, 3.05) is 17.2 Å². The van der Waals surface area contributed by atoms with Gasteiger partial charge in [0.1, 0.15) is 6.17 Å². The zero-order valence-corrected chi connectivity index (χ0v) is 16.5. The van der Waals surface area contributed by atoms with E-state index in [-0.39, 0.29) is 22.9 Å². The number of nitrogens with one attached hydrogen (secondary N) is 3. The van der Waals surface area contributed by atoms with Crippen molar-refractivity contribution in [3.8, 4) is 11.3 Å². The molecule has 0 spiro atoms. The first-order valence-electron chi connectivity index (χ1n) is 9.36. The van der Waals surface area contributed by atoms with Gasteiger partial charge in [0.2, 0.25) is 5.91 Å². The van der Waals surface area contributed by atoms with Crippen molar-refractivity contribution in [3.05, 3.63) is 35.6 Å². The van der Waals surface area contributed by atoms with Crippen LogP contribution < -0.4 is 10.6 Å². The highest BCUT2D eigenvalue weighted by atomic mass is 35.5. The van der Waals surface area contributed by atoms with Crippen molar-refractivity contribution in [1.82, 2.24) is 24.6 Å². The second kappa shape index (κ2) is 6.91. The lowest BCUT2D eigenvalue weighted by Gasteiger charge is -2.12. The van der Waals surface area contributed by atoms with Gasteiger partial charge in [0, 0.05) is 23.7 Å². The van der Waals surface area contributed by atoms with Gasteiger partial charge in [0.15, 0.2) is 17.3 Å². The number of benzene rings is 1. The first-order chi connectivity index (χ1) is 14.5. The average Bonchev–Trinajstić information content (AvgIpc) is 3.11. The van der Waals surface area contributed by atoms with E-state index in [0.29, 0.717) is 34.4 Å². The summed E-state index contributed by atoms with van der Waals surface area (Å²) in [5.41, 5.74) is 1.99. The Morgan fingerprint density at radius 2 is 2.20 bits per heavy atom. The SMILES string of the molecule is CCNc1c(F)c(Cl)c(-c2cn3cc(NC(=O)[C@@H]4C[C@@H]4F)nc3cn2)c2cn[nH]c12. The second-order valence-corrected chi connectivity index (χ2v) is 7.46. The first kappa shape index (κ1) is 18.7. The molecule has 1 fully saturated rings. The van der Waals surface area contributed by atoms with Gasteiger partial charge in [-0.05, 0) is 13.3 Å². The Morgan fingerprint density at radius 3 is 2.93 bits per heavy atom. The number of nitrogens with zero attached hydrogens (tertiary/aromatic N) is 4. The molecule has 0 unspecified atom stereocenters. The van der Waals surface area contributed by atoms with Crippen LogP contribution in [0.1, 0.15) is 13.3 Å². The topological polar surface area (TPSA) is 100 Å². The summed E-state index contributed by atoms with van der Waals surface area (Å²) >= 11 is 6.37. The molecule has 154 valence electrons. The van der Waals surface area contributed by atoms with Gasteiger partial charge in [-0.15, -0.1) is 0 Å². The van der Waals surface area contributed by atoms with Crippen molar-refractivity contribution in [1.29, 1.82) is 0 Å². The molecule has 1 aliphatic carbocycles. The Labute approximate surface area is 173 Å². The molecule has 1 aromatic carbocycles. The molecule has 3 N–H and O–H groups in total. The summed E-state index contributed by atoms with van der Waals surface area (Å²) in [5, 5.41) is 12.9. The molecule has 0 saturated heterocycles. The maximum Gasteiger partial charge on any atom is 0.231 e. The zero-order valence-electron chi connectivity index (χ0n) is 15.7. The van der Waals surface area contributed by atoms with E-state index < -0.39 is 23.8 Å². The minimum Gasteiger partial charge on any atom is -0.381 e. The fraction of sp³-hybridized carbons (Fsp3) is 0.263. The molecule has 1 saturated carbocycles. The van der Waals surface area contributed by atoms with Gasteiger partial charge >= 0.3 is 0 Å². The number of anilines is 2. The van der Waals surface area contributed by atoms with Crippen LogP contribution >= 0.6 is 11.6 Å². The Balaban J connectivity index is 1.57. The predicted octanol–water partition coefficient (Wildman–Crippen LogP) is 3.79. The number of hydrogen-bond donors (Lipinski definition) is 3. The Morgan fingerprint density at radius 1 is 1.40 bits per heavy atom. The molecule has 11 heteroatoms. The molecule has 2 atom stereocenters. The van der Waals surface area contributed by atoms with E-state index in [1.807, 2.05) is 6.92 Å². The first-order valence-corrected chi connectivity index (χ1v) is 9.73. The third-order valence-corrected chi connectivity index (χ3v) is 5.40. The number of rotatable bonds is 5. The van der Waals surface area contributed by atoms with Crippen LogP contribution in [0.5, 0.6) is 0 Å². The number of alkyl halides is 1. The summed E-state index contributed by atoms with van der Waals surface area (Å²) in [4.78, 5) is 20.6. The quantitative estimate of drug-likeness (QED) is 0.446. The maximum absolute atomic E-state index is 14.9. The van der Waals surface area contributed by atoms with Crippen molar-refractivity contribution >= 4 is 45.6 Å². The summed E-state index contributed by atoms with van der Waals surface area (Å²) < 4.78 is 29.7. The van der Waals surface area contributed by atoms with Gasteiger partial charge in [-0.3, -0.25) is 14.9 Å². The second-order valence-electron chi connectivity index (χ2n) is 7.08. The molecule has 5 rings (SSSR count). The Bertz CT molecular complexity index is 1300. The summed E-state index contributed by atoms with van der Waals surface area (Å²) in [7, 11) is 0. The average molecular weight is 432 g/mol. The third-order valence-electron chi connectivity index (χ3n) is 5.04. The summed E-state index contributed by atoms with van der Waals surface area (Å²) in [5.74, 6) is -1.33. The van der Waals surface area contributed by atoms with Gasteiger partial charge in [0.05, 0.1) is 46.4 Å². The molecule has 1 amide bonds. The van der Waals surface area contributed by atoms with Crippen LogP contribution in [0, 0.1) is 11.7 Å². The number of amides is 1. The number of aromatic amines is 1. The molecule has 8 nitrogen and oxygen atoms in total. The number of H-pyrrole nitrogens is 1. The van der Waals surface area contributed by atoms with Gasteiger partial charge in [-0.1, -0.05) is 11.6 Å². The lowest BCUT2D eigenvalue weighted by Crippen LogP contribution is -2.15. The van der Waals surface area contributed by atoms with Crippen molar-refractivity contribution in [3.63, 3.8) is 0 Å². The molecule has 0 aliphatic heterocycles. The molecule has 1 aliphatic rings. The van der Waals surface area contributed by atoms with Crippen LogP contribution in [0.25, 0.3) is 27.8 Å². The number of imidazole rings is 1. The lowest BCUT2D eigenvalue weighted by atomic mass is 10.1. The molecular formula is C19H16ClF2N7O. The normalized spacial score (nSPS) is 18.1. The number of halogens is 3. The fourth-order valence-corrected chi connectivity index (χ4v) is 3.74. The fourth-order valence-electron chi connectivity index (χ4n) is 3.45. The molecule has 0 bridgehead atoms. The van der Waals surface area contributed by atoms with Gasteiger partial charge in [-0.25, -0.2) is 13.8 Å². The van der Waals surface area contributed by atoms with Crippen molar-refractivity contribution in [2.45, 2.75) is 19.5 Å². The summed E-state index contributed by atoms with van der Waals surface area (Å²) in [6.45, 7) is 2.36. The highest BCUT2D eigenvalue weighted by molar-refractivity contribution is 6.35. The van der Waals surface area contributed by atoms with Crippen molar-refractivity contribution < 1.29 is 13.6 Å². The van der Waals surface area contributed by atoms with Crippen LogP contribution in [0.4, 0.5) is 20.3 Å². The lowest BCUT2D eigenvalue weighted by molar-refractivity contribution is -0.117. The molecule has 0 radical (unpaired) electrons. The number of aromatic nitrogens is 5. The number of carbonyl (C=O) groups is 1. The molecule has 3 heterocycles. The van der Waals surface area contributed by atoms with E-state index in [1.165, 1.54) is 6.20 Å². The Kier molecular flexibility index (Phi) is 4.31.